The molecule has 4 rings (SSSR count). The first-order valence-corrected chi connectivity index (χ1v) is 8.89. The fourth-order valence-corrected chi connectivity index (χ4v) is 3.29. The first-order valence-electron chi connectivity index (χ1n) is 8.89. The van der Waals surface area contributed by atoms with Crippen LogP contribution in [0, 0.1) is 0 Å². The number of piperazine rings is 1. The van der Waals surface area contributed by atoms with Crippen LogP contribution in [0.15, 0.2) is 42.5 Å². The third kappa shape index (κ3) is 3.52. The number of hydrogen-bond donors (Lipinski definition) is 1. The highest BCUT2D eigenvalue weighted by atomic mass is 16.7. The summed E-state index contributed by atoms with van der Waals surface area (Å²) in [5, 5.41) is 3.34. The lowest BCUT2D eigenvalue weighted by molar-refractivity contribution is 0.0875. The molecule has 2 aromatic carbocycles. The van der Waals surface area contributed by atoms with Crippen LogP contribution in [-0.4, -0.2) is 62.1 Å². The highest BCUT2D eigenvalue weighted by Crippen LogP contribution is 2.37. The molecule has 2 heterocycles. The topological polar surface area (TPSA) is 54.0 Å². The van der Waals surface area contributed by atoms with Crippen LogP contribution < -0.4 is 14.8 Å². The molecule has 2 aliphatic rings. The summed E-state index contributed by atoms with van der Waals surface area (Å²) in [6, 6.07) is 13.2. The number of likely N-dealkylation sites (N-methyl/N-ethyl adjacent to an activating group) is 1. The second-order valence-corrected chi connectivity index (χ2v) is 6.71. The predicted molar refractivity (Wildman–Crippen MR) is 101 cm³/mol. The van der Waals surface area contributed by atoms with Crippen molar-refractivity contribution in [2.75, 3.05) is 51.9 Å². The van der Waals surface area contributed by atoms with Crippen LogP contribution in [0.25, 0.3) is 0 Å². The van der Waals surface area contributed by atoms with Gasteiger partial charge in [-0.1, -0.05) is 18.2 Å². The van der Waals surface area contributed by atoms with Crippen LogP contribution in [0.4, 0.5) is 11.4 Å². The van der Waals surface area contributed by atoms with Crippen LogP contribution in [-0.2, 0) is 0 Å². The van der Waals surface area contributed by atoms with Crippen LogP contribution in [0.1, 0.15) is 10.4 Å². The molecule has 1 fully saturated rings. The minimum atomic E-state index is 0.0986. The van der Waals surface area contributed by atoms with Gasteiger partial charge in [0.05, 0.1) is 17.9 Å². The van der Waals surface area contributed by atoms with E-state index in [4.69, 9.17) is 9.47 Å². The van der Waals surface area contributed by atoms with Gasteiger partial charge in [-0.2, -0.15) is 0 Å². The summed E-state index contributed by atoms with van der Waals surface area (Å²) < 4.78 is 11.4. The summed E-state index contributed by atoms with van der Waals surface area (Å²) >= 11 is 0. The monoisotopic (exact) mass is 353 g/mol. The second kappa shape index (κ2) is 7.35. The number of para-hydroxylation sites is 3. The van der Waals surface area contributed by atoms with Crippen molar-refractivity contribution in [3.05, 3.63) is 48.0 Å². The van der Waals surface area contributed by atoms with E-state index < -0.39 is 0 Å². The van der Waals surface area contributed by atoms with Crippen LogP contribution in [0.5, 0.6) is 11.5 Å². The molecule has 1 N–H and O–H groups in total. The van der Waals surface area contributed by atoms with Crippen LogP contribution in [0.3, 0.4) is 0 Å². The zero-order valence-corrected chi connectivity index (χ0v) is 14.9. The molecule has 0 unspecified atom stereocenters. The number of anilines is 2. The summed E-state index contributed by atoms with van der Waals surface area (Å²) in [4.78, 5) is 17.5. The molecule has 6 nitrogen and oxygen atoms in total. The fraction of sp³-hybridized carbons (Fsp3) is 0.350. The number of carbonyl (C=O) groups is 1. The van der Waals surface area contributed by atoms with Gasteiger partial charge in [0.15, 0.2) is 5.78 Å². The highest BCUT2D eigenvalue weighted by molar-refractivity contribution is 6.04. The number of ketones is 1. The molecule has 0 aliphatic carbocycles. The van der Waals surface area contributed by atoms with E-state index in [-0.39, 0.29) is 12.6 Å². The molecule has 0 bridgehead atoms. The molecule has 0 spiro atoms. The SMILES string of the molecule is CN1CCN(CC(=O)c2cccc3c2Nc2ccccc2OCO3)CC1. The van der Waals surface area contributed by atoms with Crippen LogP contribution in [0.2, 0.25) is 0 Å². The van der Waals surface area contributed by atoms with E-state index in [1.165, 1.54) is 0 Å². The van der Waals surface area contributed by atoms with Crippen molar-refractivity contribution in [1.29, 1.82) is 0 Å². The highest BCUT2D eigenvalue weighted by Gasteiger charge is 2.22. The maximum Gasteiger partial charge on any atom is 0.231 e. The number of fused-ring (bicyclic) bond motifs is 2. The van der Waals surface area contributed by atoms with Gasteiger partial charge in [0.1, 0.15) is 11.5 Å². The number of ether oxygens (including phenoxy) is 2. The number of nitrogens with one attached hydrogen (secondary N) is 1. The molecule has 0 amide bonds. The third-order valence-electron chi connectivity index (χ3n) is 4.87. The average Bonchev–Trinajstić information content (AvgIpc) is 2.63. The van der Waals surface area contributed by atoms with E-state index >= 15 is 0 Å². The van der Waals surface area contributed by atoms with E-state index in [1.54, 1.807) is 0 Å². The van der Waals surface area contributed by atoms with E-state index in [0.29, 0.717) is 29.3 Å². The Bertz CT molecular complexity index is 801. The largest absolute Gasteiger partial charge is 0.455 e. The Kier molecular flexibility index (Phi) is 4.77. The van der Waals surface area contributed by atoms with Crippen molar-refractivity contribution in [3.63, 3.8) is 0 Å². The molecular weight excluding hydrogens is 330 g/mol. The quantitative estimate of drug-likeness (QED) is 0.856. The summed E-state index contributed by atoms with van der Waals surface area (Å²) in [5.74, 6) is 1.43. The average molecular weight is 353 g/mol. The van der Waals surface area contributed by atoms with Crippen molar-refractivity contribution in [1.82, 2.24) is 9.80 Å². The minimum absolute atomic E-state index is 0.0986. The molecule has 0 aromatic heterocycles. The standard InChI is InChI=1S/C20H23N3O3/c1-22-9-11-23(12-10-22)13-17(24)15-5-4-8-19-20(15)21-16-6-2-3-7-18(16)25-14-26-19/h2-8,21H,9-14H2,1H3. The maximum atomic E-state index is 13.0. The third-order valence-corrected chi connectivity index (χ3v) is 4.87. The van der Waals surface area contributed by atoms with Crippen LogP contribution >= 0.6 is 0 Å². The number of benzene rings is 2. The van der Waals surface area contributed by atoms with Gasteiger partial charge in [0, 0.05) is 31.7 Å². The Hall–Kier alpha value is -2.57. The van der Waals surface area contributed by atoms with Gasteiger partial charge in [-0.05, 0) is 31.3 Å². The number of hydrogen-bond acceptors (Lipinski definition) is 6. The molecule has 6 heteroatoms. The molecule has 0 atom stereocenters. The zero-order chi connectivity index (χ0) is 17.9. The van der Waals surface area contributed by atoms with Gasteiger partial charge < -0.3 is 19.7 Å². The summed E-state index contributed by atoms with van der Waals surface area (Å²) in [6.45, 7) is 4.35. The van der Waals surface area contributed by atoms with E-state index in [2.05, 4.69) is 22.2 Å². The summed E-state index contributed by atoms with van der Waals surface area (Å²) in [7, 11) is 2.11. The molecule has 26 heavy (non-hydrogen) atoms. The molecule has 0 radical (unpaired) electrons. The number of rotatable bonds is 3. The molecular formula is C20H23N3O3. The van der Waals surface area contributed by atoms with Crippen molar-refractivity contribution in [2.24, 2.45) is 0 Å². The second-order valence-electron chi connectivity index (χ2n) is 6.71. The Balaban J connectivity index is 1.60. The lowest BCUT2D eigenvalue weighted by Gasteiger charge is -2.32. The predicted octanol–water partition coefficient (Wildman–Crippen LogP) is 2.59. The molecule has 2 aliphatic heterocycles. The van der Waals surface area contributed by atoms with Gasteiger partial charge in [-0.3, -0.25) is 9.69 Å². The van der Waals surface area contributed by atoms with E-state index in [9.17, 15) is 4.79 Å². The normalized spacial score (nSPS) is 17.6. The lowest BCUT2D eigenvalue weighted by atomic mass is 10.1. The van der Waals surface area contributed by atoms with E-state index in [1.807, 2.05) is 42.5 Å². The summed E-state index contributed by atoms with van der Waals surface area (Å²) in [6.07, 6.45) is 0. The zero-order valence-electron chi connectivity index (χ0n) is 14.9. The number of nitrogens with zero attached hydrogens (tertiary/aromatic N) is 2. The molecule has 1 saturated heterocycles. The minimum Gasteiger partial charge on any atom is -0.455 e. The Labute approximate surface area is 153 Å². The summed E-state index contributed by atoms with van der Waals surface area (Å²) in [5.41, 5.74) is 2.19. The molecule has 2 aromatic rings. The lowest BCUT2D eigenvalue weighted by Crippen LogP contribution is -2.46. The van der Waals surface area contributed by atoms with Gasteiger partial charge in [-0.15, -0.1) is 0 Å². The van der Waals surface area contributed by atoms with Crippen molar-refractivity contribution in [3.8, 4) is 11.5 Å². The van der Waals surface area contributed by atoms with Gasteiger partial charge in [0.2, 0.25) is 6.79 Å². The molecule has 0 saturated carbocycles. The smallest absolute Gasteiger partial charge is 0.231 e. The van der Waals surface area contributed by atoms with Crippen molar-refractivity contribution in [2.45, 2.75) is 0 Å². The Morgan fingerprint density at radius 1 is 1.00 bits per heavy atom. The van der Waals surface area contributed by atoms with Crippen molar-refractivity contribution < 1.29 is 14.3 Å². The van der Waals surface area contributed by atoms with E-state index in [0.717, 1.165) is 31.9 Å². The molecule has 136 valence electrons. The van der Waals surface area contributed by atoms with Gasteiger partial charge in [-0.25, -0.2) is 0 Å². The Morgan fingerprint density at radius 3 is 2.58 bits per heavy atom. The number of carbonyl (C=O) groups excluding carboxylic acids is 1. The Morgan fingerprint density at radius 2 is 1.73 bits per heavy atom. The first kappa shape index (κ1) is 16.9. The number of Topliss-reactive ketones (excluding diaryl/α,β-unsaturated/α-hetero) is 1. The van der Waals surface area contributed by atoms with Gasteiger partial charge >= 0.3 is 0 Å². The fourth-order valence-electron chi connectivity index (χ4n) is 3.29. The van der Waals surface area contributed by atoms with Gasteiger partial charge in [0.25, 0.3) is 0 Å². The van der Waals surface area contributed by atoms with Crippen molar-refractivity contribution >= 4 is 17.2 Å². The first-order chi connectivity index (χ1) is 12.7. The maximum absolute atomic E-state index is 13.0.